The Hall–Kier alpha value is -2.41. The lowest BCUT2D eigenvalue weighted by Gasteiger charge is -2.73. The number of esters is 1. The summed E-state index contributed by atoms with van der Waals surface area (Å²) in [5, 5.41) is 13.4. The molecule has 0 aromatic carbocycles. The maximum Gasteiger partial charge on any atom is 0.372 e. The predicted octanol–water partition coefficient (Wildman–Crippen LogP) is 6.70. The molecule has 254 valence electrons. The highest BCUT2D eigenvalue weighted by Crippen LogP contribution is 2.77. The highest BCUT2D eigenvalue weighted by atomic mass is 16.5. The molecule has 1 heterocycles. The largest absolute Gasteiger partial charge is 0.457 e. The van der Waals surface area contributed by atoms with Crippen molar-refractivity contribution in [3.8, 4) is 0 Å². The van der Waals surface area contributed by atoms with Crippen LogP contribution in [-0.4, -0.2) is 29.8 Å². The molecule has 7 nitrogen and oxygen atoms in total. The SMILES string of the molecule is C=C(C)C1CC[C@]2(CO)CC[C@]3(C)C(CCC4[C@@]5(C)CC[C@H](OC(=O)C[n+]6ccccc6CNC(N)=O)C(C)(C)C5CC[C@]43C)C12. The number of rotatable bonds is 7. The minimum atomic E-state index is -0.590. The van der Waals surface area contributed by atoms with Gasteiger partial charge in [-0.3, -0.25) is 0 Å². The fourth-order valence-electron chi connectivity index (χ4n) is 13.1. The summed E-state index contributed by atoms with van der Waals surface area (Å²) in [6.45, 7) is 20.0. The molecule has 5 unspecified atom stereocenters. The van der Waals surface area contributed by atoms with E-state index in [-0.39, 0.29) is 52.2 Å². The van der Waals surface area contributed by atoms with Gasteiger partial charge in [0.05, 0.1) is 0 Å². The third kappa shape index (κ3) is 4.96. The van der Waals surface area contributed by atoms with Gasteiger partial charge in [0.2, 0.25) is 12.2 Å². The predicted molar refractivity (Wildman–Crippen MR) is 179 cm³/mol. The normalized spacial score (nSPS) is 42.5. The zero-order chi connectivity index (χ0) is 33.3. The van der Waals surface area contributed by atoms with E-state index in [1.807, 2.05) is 29.0 Å². The van der Waals surface area contributed by atoms with Crippen molar-refractivity contribution >= 4 is 12.0 Å². The van der Waals surface area contributed by atoms with E-state index in [9.17, 15) is 14.7 Å². The van der Waals surface area contributed by atoms with Crippen LogP contribution in [0, 0.1) is 56.7 Å². The average molecular weight is 635 g/mol. The molecule has 6 rings (SSSR count). The van der Waals surface area contributed by atoms with Crippen LogP contribution in [-0.2, 0) is 22.6 Å². The third-order valence-corrected chi connectivity index (χ3v) is 15.5. The van der Waals surface area contributed by atoms with Crippen LogP contribution in [0.3, 0.4) is 0 Å². The number of urea groups is 1. The molecule has 0 spiro atoms. The molecule has 0 radical (unpaired) electrons. The molecule has 0 bridgehead atoms. The maximum atomic E-state index is 13.4. The second-order valence-corrected chi connectivity index (χ2v) is 17.6. The molecule has 4 N–H and O–H groups in total. The van der Waals surface area contributed by atoms with E-state index in [0.29, 0.717) is 36.2 Å². The summed E-state index contributed by atoms with van der Waals surface area (Å²) >= 11 is 0. The third-order valence-electron chi connectivity index (χ3n) is 15.5. The molecule has 0 saturated heterocycles. The van der Waals surface area contributed by atoms with Gasteiger partial charge in [-0.25, -0.2) is 9.59 Å². The Morgan fingerprint density at radius 1 is 0.978 bits per heavy atom. The molecule has 7 heteroatoms. The number of primary amides is 1. The maximum absolute atomic E-state index is 13.4. The fraction of sp³-hybridized carbons (Fsp3) is 0.769. The fourth-order valence-corrected chi connectivity index (χ4v) is 13.1. The minimum Gasteiger partial charge on any atom is -0.457 e. The summed E-state index contributed by atoms with van der Waals surface area (Å²) in [4.78, 5) is 24.7. The number of fused-ring (bicyclic) bond motifs is 7. The Labute approximate surface area is 277 Å². The number of ether oxygens (including phenoxy) is 1. The zero-order valence-electron chi connectivity index (χ0n) is 29.4. The van der Waals surface area contributed by atoms with Gasteiger partial charge in [-0.1, -0.05) is 52.8 Å². The number of aliphatic hydroxyl groups excluding tert-OH is 1. The lowest BCUT2D eigenvalue weighted by molar-refractivity contribution is -0.693. The van der Waals surface area contributed by atoms with Crippen molar-refractivity contribution in [1.82, 2.24) is 5.32 Å². The second-order valence-electron chi connectivity index (χ2n) is 17.6. The van der Waals surface area contributed by atoms with Crippen LogP contribution < -0.4 is 15.6 Å². The van der Waals surface area contributed by atoms with E-state index in [0.717, 1.165) is 31.4 Å². The Bertz CT molecular complexity index is 1380. The number of amides is 2. The van der Waals surface area contributed by atoms with Crippen molar-refractivity contribution in [3.63, 3.8) is 0 Å². The monoisotopic (exact) mass is 634 g/mol. The molecule has 10 atom stereocenters. The summed E-state index contributed by atoms with van der Waals surface area (Å²) in [5.41, 5.74) is 8.07. The Morgan fingerprint density at radius 3 is 2.43 bits per heavy atom. The number of pyridine rings is 1. The van der Waals surface area contributed by atoms with Gasteiger partial charge in [-0.15, -0.1) is 0 Å². The van der Waals surface area contributed by atoms with Gasteiger partial charge in [0, 0.05) is 24.2 Å². The van der Waals surface area contributed by atoms with Gasteiger partial charge in [-0.05, 0) is 122 Å². The summed E-state index contributed by atoms with van der Waals surface area (Å²) < 4.78 is 8.19. The van der Waals surface area contributed by atoms with Gasteiger partial charge in [0.1, 0.15) is 12.6 Å². The smallest absolute Gasteiger partial charge is 0.372 e. The molecule has 5 aliphatic carbocycles. The van der Waals surface area contributed by atoms with Crippen molar-refractivity contribution in [1.29, 1.82) is 0 Å². The van der Waals surface area contributed by atoms with Crippen LogP contribution in [0.15, 0.2) is 36.5 Å². The zero-order valence-corrected chi connectivity index (χ0v) is 29.4. The molecular formula is C39H60N3O4+. The lowest BCUT2D eigenvalue weighted by atomic mass is 9.32. The Kier molecular flexibility index (Phi) is 8.47. The first kappa shape index (κ1) is 33.5. The number of nitrogens with zero attached hydrogens (tertiary/aromatic N) is 1. The van der Waals surface area contributed by atoms with E-state index in [1.165, 1.54) is 44.1 Å². The quantitative estimate of drug-likeness (QED) is 0.176. The molecule has 46 heavy (non-hydrogen) atoms. The van der Waals surface area contributed by atoms with Crippen LogP contribution in [0.1, 0.15) is 111 Å². The number of hydrogen-bond acceptors (Lipinski definition) is 4. The van der Waals surface area contributed by atoms with Crippen LogP contribution in [0.25, 0.3) is 0 Å². The van der Waals surface area contributed by atoms with Crippen molar-refractivity contribution < 1.29 is 24.0 Å². The van der Waals surface area contributed by atoms with Crippen LogP contribution in [0.2, 0.25) is 0 Å². The number of nitrogens with two attached hydrogens (primary N) is 1. The van der Waals surface area contributed by atoms with E-state index >= 15 is 0 Å². The van der Waals surface area contributed by atoms with Crippen LogP contribution in [0.4, 0.5) is 4.79 Å². The average Bonchev–Trinajstić information content (AvgIpc) is 3.39. The Morgan fingerprint density at radius 2 is 1.74 bits per heavy atom. The number of aromatic nitrogens is 1. The summed E-state index contributed by atoms with van der Waals surface area (Å²) in [7, 11) is 0. The van der Waals surface area contributed by atoms with Crippen molar-refractivity contribution in [2.75, 3.05) is 6.61 Å². The van der Waals surface area contributed by atoms with Crippen LogP contribution in [0.5, 0.6) is 0 Å². The van der Waals surface area contributed by atoms with E-state index in [2.05, 4.69) is 53.4 Å². The van der Waals surface area contributed by atoms with E-state index in [4.69, 9.17) is 10.5 Å². The molecule has 2 amide bonds. The molecule has 5 fully saturated rings. The standard InChI is InChI=1S/C39H59N3O4/c1-25(2)27-13-18-39(24-43)20-19-37(6)28(33(27)39)11-12-30-36(5)16-15-31(35(3,4)29(36)14-17-38(30,37)7)46-32(44)23-42-21-9-8-10-26(42)22-41-34(40)45/h8-10,21,27-31,33,43H,1,11-20,22-24H2,2-7H3,(H2-,40,41,45)/p+1/t27?,28?,29?,30?,31-,33?,36-,37+,38+,39+/m0/s1. The number of carbonyl (C=O) groups is 2. The molecule has 1 aromatic rings. The first-order chi connectivity index (χ1) is 21.6. The van der Waals surface area contributed by atoms with E-state index < -0.39 is 6.03 Å². The molecule has 0 aliphatic heterocycles. The number of carbonyl (C=O) groups excluding carboxylic acids is 2. The molecular weight excluding hydrogens is 574 g/mol. The van der Waals surface area contributed by atoms with Crippen molar-refractivity contribution in [2.45, 2.75) is 125 Å². The number of allylic oxidation sites excluding steroid dienone is 1. The molecule has 5 aliphatic rings. The lowest BCUT2D eigenvalue weighted by Crippen LogP contribution is -2.67. The highest BCUT2D eigenvalue weighted by molar-refractivity contribution is 5.71. The first-order valence-electron chi connectivity index (χ1n) is 18.1. The van der Waals surface area contributed by atoms with Gasteiger partial charge in [-0.2, -0.15) is 4.57 Å². The van der Waals surface area contributed by atoms with Gasteiger partial charge in [0.25, 0.3) is 0 Å². The number of hydrogen-bond donors (Lipinski definition) is 3. The van der Waals surface area contributed by atoms with Crippen LogP contribution >= 0.6 is 0 Å². The van der Waals surface area contributed by atoms with Crippen molar-refractivity contribution in [2.24, 2.45) is 62.4 Å². The molecule has 5 saturated carbocycles. The first-order valence-corrected chi connectivity index (χ1v) is 18.1. The molecule has 1 aromatic heterocycles. The Balaban J connectivity index is 1.21. The van der Waals surface area contributed by atoms with Gasteiger partial charge < -0.3 is 20.9 Å². The van der Waals surface area contributed by atoms with Crippen molar-refractivity contribution in [3.05, 3.63) is 42.2 Å². The van der Waals surface area contributed by atoms with E-state index in [1.54, 1.807) is 0 Å². The summed E-state index contributed by atoms with van der Waals surface area (Å²) in [6.07, 6.45) is 13.3. The number of aliphatic hydroxyl groups is 1. The highest BCUT2D eigenvalue weighted by Gasteiger charge is 2.71. The summed E-state index contributed by atoms with van der Waals surface area (Å²) in [6, 6.07) is 5.06. The topological polar surface area (TPSA) is 106 Å². The second kappa shape index (κ2) is 11.6. The number of nitrogens with one attached hydrogen (secondary N) is 1. The van der Waals surface area contributed by atoms with Gasteiger partial charge >= 0.3 is 12.0 Å². The minimum absolute atomic E-state index is 0.0825. The van der Waals surface area contributed by atoms with Gasteiger partial charge in [0.15, 0.2) is 6.20 Å². The summed E-state index contributed by atoms with van der Waals surface area (Å²) in [5.74, 6) is 2.63.